The van der Waals surface area contributed by atoms with Gasteiger partial charge in [0.15, 0.2) is 0 Å². The van der Waals surface area contributed by atoms with Crippen LogP contribution in [0.4, 0.5) is 24.5 Å². The molecule has 2 heterocycles. The zero-order valence-electron chi connectivity index (χ0n) is 15.6. The van der Waals surface area contributed by atoms with Gasteiger partial charge in [0.1, 0.15) is 5.75 Å². The molecule has 0 bridgehead atoms. The first-order valence-corrected chi connectivity index (χ1v) is 10.4. The second-order valence-corrected chi connectivity index (χ2v) is 8.40. The van der Waals surface area contributed by atoms with Crippen molar-refractivity contribution in [3.8, 4) is 0 Å². The molecule has 160 valence electrons. The van der Waals surface area contributed by atoms with Crippen molar-refractivity contribution >= 4 is 34.4 Å². The lowest BCUT2D eigenvalue weighted by atomic mass is 10.0. The zero-order valence-corrected chi connectivity index (χ0v) is 16.4. The van der Waals surface area contributed by atoms with Gasteiger partial charge in [0.05, 0.1) is 41.3 Å². The summed E-state index contributed by atoms with van der Waals surface area (Å²) in [6, 6.07) is 8.19. The maximum Gasteiger partial charge on any atom is 0.418 e. The first-order valence-electron chi connectivity index (χ1n) is 8.99. The van der Waals surface area contributed by atoms with Crippen molar-refractivity contribution < 1.29 is 27.3 Å². The summed E-state index contributed by atoms with van der Waals surface area (Å²) in [7, 11) is 0. The molecular weight excluding hydrogens is 421 g/mol. The van der Waals surface area contributed by atoms with Crippen molar-refractivity contribution in [2.45, 2.75) is 24.4 Å². The summed E-state index contributed by atoms with van der Waals surface area (Å²) in [5, 5.41) is 4.31. The fourth-order valence-electron chi connectivity index (χ4n) is 3.21. The number of carbonyl (C=O) groups is 2. The predicted octanol–water partition coefficient (Wildman–Crippen LogP) is 2.08. The number of hydrogen-bond acceptors (Lipinski definition) is 5. The Bertz CT molecular complexity index is 924. The van der Waals surface area contributed by atoms with Gasteiger partial charge in [-0.3, -0.25) is 14.6 Å². The van der Waals surface area contributed by atoms with Gasteiger partial charge in [-0.2, -0.15) is 13.2 Å². The fraction of sp³-hybridized carbons (Fsp3) is 0.316. The molecule has 3 atom stereocenters. The molecule has 2 aromatic rings. The molecule has 0 saturated carbocycles. The predicted molar refractivity (Wildman–Crippen MR) is 105 cm³/mol. The SMILES string of the molecule is NC(=O)C1C(C(=O)NCc2ccc(Nc3ccccc3C(F)(F)F)cn2)CC[S+]1[O-]. The number of amides is 2. The summed E-state index contributed by atoms with van der Waals surface area (Å²) in [5.41, 5.74) is 5.16. The van der Waals surface area contributed by atoms with E-state index in [2.05, 4.69) is 15.6 Å². The number of pyridine rings is 1. The first kappa shape index (κ1) is 21.9. The van der Waals surface area contributed by atoms with E-state index in [9.17, 15) is 27.3 Å². The van der Waals surface area contributed by atoms with Gasteiger partial charge < -0.3 is 20.9 Å². The quantitative estimate of drug-likeness (QED) is 0.594. The van der Waals surface area contributed by atoms with Gasteiger partial charge in [-0.25, -0.2) is 0 Å². The third-order valence-corrected chi connectivity index (χ3v) is 6.44. The van der Waals surface area contributed by atoms with Crippen LogP contribution in [0.5, 0.6) is 0 Å². The van der Waals surface area contributed by atoms with Crippen LogP contribution in [0.25, 0.3) is 0 Å². The Balaban J connectivity index is 1.61. The molecule has 1 aromatic heterocycles. The summed E-state index contributed by atoms with van der Waals surface area (Å²) < 4.78 is 51.1. The molecule has 11 heteroatoms. The molecule has 3 rings (SSSR count). The number of carbonyl (C=O) groups excluding carboxylic acids is 2. The number of aromatic nitrogens is 1. The lowest BCUT2D eigenvalue weighted by molar-refractivity contribution is -0.137. The van der Waals surface area contributed by atoms with E-state index in [1.165, 1.54) is 24.4 Å². The summed E-state index contributed by atoms with van der Waals surface area (Å²) >= 11 is -1.46. The highest BCUT2D eigenvalue weighted by molar-refractivity contribution is 7.93. The van der Waals surface area contributed by atoms with E-state index < -0.39 is 45.9 Å². The molecule has 1 aliphatic rings. The van der Waals surface area contributed by atoms with Gasteiger partial charge in [0, 0.05) is 6.42 Å². The van der Waals surface area contributed by atoms with Gasteiger partial charge in [-0.05, 0) is 35.4 Å². The maximum absolute atomic E-state index is 13.1. The van der Waals surface area contributed by atoms with Crippen LogP contribution in [-0.2, 0) is 33.5 Å². The number of nitrogens with one attached hydrogen (secondary N) is 2. The van der Waals surface area contributed by atoms with Crippen LogP contribution in [0.1, 0.15) is 17.7 Å². The first-order chi connectivity index (χ1) is 14.2. The molecule has 30 heavy (non-hydrogen) atoms. The number of halogens is 3. The average Bonchev–Trinajstić information content (AvgIpc) is 3.08. The van der Waals surface area contributed by atoms with Crippen molar-refractivity contribution in [2.75, 3.05) is 11.1 Å². The molecule has 1 fully saturated rings. The van der Waals surface area contributed by atoms with Crippen LogP contribution in [0.15, 0.2) is 42.6 Å². The maximum atomic E-state index is 13.1. The Morgan fingerprint density at radius 2 is 1.97 bits per heavy atom. The average molecular weight is 440 g/mol. The minimum atomic E-state index is -4.49. The molecule has 2 amide bonds. The van der Waals surface area contributed by atoms with Crippen LogP contribution >= 0.6 is 0 Å². The number of anilines is 2. The van der Waals surface area contributed by atoms with E-state index in [0.717, 1.165) is 6.07 Å². The molecule has 0 radical (unpaired) electrons. The lowest BCUT2D eigenvalue weighted by Gasteiger charge is -2.16. The number of primary amides is 1. The second-order valence-electron chi connectivity index (χ2n) is 6.73. The standard InChI is InChI=1S/C19H19F3N4O3S/c20-19(21,22)14-3-1-2-4-15(14)26-12-6-5-11(24-10-12)9-25-18(28)13-7-8-30(29)16(13)17(23)27/h1-6,10,13,16,26H,7-9H2,(H2,23,27)(H,25,28). The van der Waals surface area contributed by atoms with E-state index >= 15 is 0 Å². The number of nitrogens with two attached hydrogens (primary N) is 1. The van der Waals surface area contributed by atoms with E-state index in [-0.39, 0.29) is 18.0 Å². The largest absolute Gasteiger partial charge is 0.616 e. The van der Waals surface area contributed by atoms with Gasteiger partial charge >= 0.3 is 6.18 Å². The van der Waals surface area contributed by atoms with Crippen molar-refractivity contribution in [2.24, 2.45) is 11.7 Å². The van der Waals surface area contributed by atoms with Crippen molar-refractivity contribution in [3.05, 3.63) is 53.9 Å². The number of alkyl halides is 3. The third-order valence-electron chi connectivity index (χ3n) is 4.68. The van der Waals surface area contributed by atoms with Crippen LogP contribution in [0, 0.1) is 5.92 Å². The van der Waals surface area contributed by atoms with Crippen molar-refractivity contribution in [1.29, 1.82) is 0 Å². The zero-order chi connectivity index (χ0) is 21.9. The molecule has 1 saturated heterocycles. The Morgan fingerprint density at radius 3 is 2.60 bits per heavy atom. The van der Waals surface area contributed by atoms with Gasteiger partial charge in [0.25, 0.3) is 5.91 Å². The number of nitrogens with zero attached hydrogens (tertiary/aromatic N) is 1. The number of para-hydroxylation sites is 1. The van der Waals surface area contributed by atoms with Gasteiger partial charge in [-0.15, -0.1) is 0 Å². The molecule has 7 nitrogen and oxygen atoms in total. The highest BCUT2D eigenvalue weighted by Crippen LogP contribution is 2.35. The Morgan fingerprint density at radius 1 is 1.23 bits per heavy atom. The highest BCUT2D eigenvalue weighted by atomic mass is 32.2. The Hall–Kier alpha value is -2.79. The molecule has 3 unspecified atom stereocenters. The van der Waals surface area contributed by atoms with E-state index in [1.54, 1.807) is 12.1 Å². The number of hydrogen-bond donors (Lipinski definition) is 3. The second kappa shape index (κ2) is 8.92. The Labute approximate surface area is 173 Å². The molecule has 1 aliphatic heterocycles. The smallest absolute Gasteiger partial charge is 0.418 e. The van der Waals surface area contributed by atoms with Crippen molar-refractivity contribution in [1.82, 2.24) is 10.3 Å². The number of benzene rings is 1. The molecular formula is C19H19F3N4O3S. The normalized spacial score (nSPS) is 21.3. The molecule has 0 aliphatic carbocycles. The van der Waals surface area contributed by atoms with E-state index in [0.29, 0.717) is 17.8 Å². The van der Waals surface area contributed by atoms with Crippen LogP contribution in [0.3, 0.4) is 0 Å². The van der Waals surface area contributed by atoms with Gasteiger partial charge in [0.2, 0.25) is 11.2 Å². The van der Waals surface area contributed by atoms with Crippen molar-refractivity contribution in [3.63, 3.8) is 0 Å². The monoisotopic (exact) mass is 440 g/mol. The molecule has 0 spiro atoms. The summed E-state index contributed by atoms with van der Waals surface area (Å²) in [5.74, 6) is -1.71. The Kier molecular flexibility index (Phi) is 6.52. The van der Waals surface area contributed by atoms with Gasteiger partial charge in [-0.1, -0.05) is 12.1 Å². The third kappa shape index (κ3) is 5.03. The van der Waals surface area contributed by atoms with Crippen LogP contribution in [-0.4, -0.2) is 32.4 Å². The molecule has 4 N–H and O–H groups in total. The summed E-state index contributed by atoms with van der Waals surface area (Å²) in [6.07, 6.45) is -2.83. The summed E-state index contributed by atoms with van der Waals surface area (Å²) in [4.78, 5) is 27.9. The van der Waals surface area contributed by atoms with Crippen LogP contribution < -0.4 is 16.4 Å². The van der Waals surface area contributed by atoms with Crippen LogP contribution in [0.2, 0.25) is 0 Å². The number of rotatable bonds is 6. The lowest BCUT2D eigenvalue weighted by Crippen LogP contribution is -2.43. The van der Waals surface area contributed by atoms with E-state index in [4.69, 9.17) is 5.73 Å². The summed E-state index contributed by atoms with van der Waals surface area (Å²) in [6.45, 7) is 0.0485. The minimum absolute atomic E-state index is 0.0485. The minimum Gasteiger partial charge on any atom is -0.616 e. The topological polar surface area (TPSA) is 120 Å². The fourth-order valence-corrected chi connectivity index (χ4v) is 4.83. The molecule has 1 aromatic carbocycles. The van der Waals surface area contributed by atoms with E-state index in [1.807, 2.05) is 0 Å². The highest BCUT2D eigenvalue weighted by Gasteiger charge is 2.47.